The molecular weight excluding hydrogens is 351 g/mol. The van der Waals surface area contributed by atoms with Crippen LogP contribution in [0, 0.1) is 3.57 Å². The normalized spacial score (nSPS) is 10.6. The van der Waals surface area contributed by atoms with Gasteiger partial charge in [-0.05, 0) is 40.3 Å². The van der Waals surface area contributed by atoms with Gasteiger partial charge in [0, 0.05) is 16.2 Å². The van der Waals surface area contributed by atoms with Crippen LogP contribution in [0.5, 0.6) is 0 Å². The zero-order chi connectivity index (χ0) is 13.5. The van der Waals surface area contributed by atoms with E-state index in [0.717, 1.165) is 9.13 Å². The van der Waals surface area contributed by atoms with Crippen molar-refractivity contribution in [1.29, 1.82) is 0 Å². The van der Waals surface area contributed by atoms with Crippen molar-refractivity contribution in [2.75, 3.05) is 0 Å². The molecule has 0 spiro atoms. The molecule has 0 heterocycles. The van der Waals surface area contributed by atoms with Gasteiger partial charge in [-0.1, -0.05) is 42.5 Å². The molecule has 19 heavy (non-hydrogen) atoms. The van der Waals surface area contributed by atoms with Crippen molar-refractivity contribution in [3.8, 4) is 0 Å². The van der Waals surface area contributed by atoms with Crippen LogP contribution in [-0.2, 0) is 6.42 Å². The van der Waals surface area contributed by atoms with E-state index in [1.54, 1.807) is 12.3 Å². The summed E-state index contributed by atoms with van der Waals surface area (Å²) in [6.45, 7) is 0. The molecule has 0 saturated carbocycles. The number of nitrogens with zero attached hydrogens (tertiary/aromatic N) is 1. The van der Waals surface area contributed by atoms with Crippen LogP contribution in [0.3, 0.4) is 0 Å². The number of hydrazone groups is 1. The van der Waals surface area contributed by atoms with Gasteiger partial charge in [0.05, 0.1) is 5.56 Å². The van der Waals surface area contributed by atoms with Crippen LogP contribution in [0.2, 0.25) is 0 Å². The molecule has 0 aliphatic carbocycles. The molecule has 96 valence electrons. The minimum Gasteiger partial charge on any atom is -0.267 e. The number of carbonyl (C=O) groups is 1. The first kappa shape index (κ1) is 13.7. The highest BCUT2D eigenvalue weighted by Gasteiger charge is 2.06. The second-order valence-corrected chi connectivity index (χ2v) is 5.08. The predicted octanol–water partition coefficient (Wildman–Crippen LogP) is 3.25. The Labute approximate surface area is 125 Å². The Morgan fingerprint density at radius 3 is 2.53 bits per heavy atom. The van der Waals surface area contributed by atoms with E-state index < -0.39 is 0 Å². The highest BCUT2D eigenvalue weighted by atomic mass is 127. The fourth-order valence-electron chi connectivity index (χ4n) is 1.57. The quantitative estimate of drug-likeness (QED) is 0.505. The van der Waals surface area contributed by atoms with Crippen LogP contribution in [-0.4, -0.2) is 12.1 Å². The number of halogens is 1. The van der Waals surface area contributed by atoms with Crippen molar-refractivity contribution >= 4 is 34.7 Å². The number of hydrogen-bond acceptors (Lipinski definition) is 2. The van der Waals surface area contributed by atoms with Crippen LogP contribution in [0.15, 0.2) is 59.7 Å². The van der Waals surface area contributed by atoms with Gasteiger partial charge in [-0.2, -0.15) is 5.10 Å². The van der Waals surface area contributed by atoms with Crippen LogP contribution in [0.4, 0.5) is 0 Å². The third kappa shape index (κ3) is 4.17. The van der Waals surface area contributed by atoms with Crippen molar-refractivity contribution in [2.24, 2.45) is 5.10 Å². The Hall–Kier alpha value is -1.69. The summed E-state index contributed by atoms with van der Waals surface area (Å²) in [7, 11) is 0. The van der Waals surface area contributed by atoms with Gasteiger partial charge in [0.1, 0.15) is 0 Å². The second kappa shape index (κ2) is 7.04. The SMILES string of the molecule is O=C(NN=CCc1ccccc1)c1ccccc1I. The van der Waals surface area contributed by atoms with E-state index in [1.165, 1.54) is 0 Å². The lowest BCUT2D eigenvalue weighted by molar-refractivity contribution is 0.0954. The highest BCUT2D eigenvalue weighted by molar-refractivity contribution is 14.1. The summed E-state index contributed by atoms with van der Waals surface area (Å²) in [5, 5.41) is 3.96. The minimum absolute atomic E-state index is 0.186. The van der Waals surface area contributed by atoms with E-state index in [1.807, 2.05) is 48.5 Å². The van der Waals surface area contributed by atoms with Crippen molar-refractivity contribution in [3.63, 3.8) is 0 Å². The maximum Gasteiger partial charge on any atom is 0.272 e. The van der Waals surface area contributed by atoms with E-state index in [0.29, 0.717) is 12.0 Å². The number of carbonyl (C=O) groups excluding carboxylic acids is 1. The van der Waals surface area contributed by atoms with Gasteiger partial charge in [0.2, 0.25) is 0 Å². The molecule has 4 heteroatoms. The zero-order valence-corrected chi connectivity index (χ0v) is 12.4. The molecular formula is C15H13IN2O. The van der Waals surface area contributed by atoms with Crippen LogP contribution in [0.1, 0.15) is 15.9 Å². The number of nitrogens with one attached hydrogen (secondary N) is 1. The van der Waals surface area contributed by atoms with Gasteiger partial charge in [-0.25, -0.2) is 5.43 Å². The third-order valence-corrected chi connectivity index (χ3v) is 3.49. The average Bonchev–Trinajstić information content (AvgIpc) is 2.45. The topological polar surface area (TPSA) is 41.5 Å². The molecule has 1 amide bonds. The first-order valence-electron chi connectivity index (χ1n) is 5.87. The average molecular weight is 364 g/mol. The van der Waals surface area contributed by atoms with Crippen LogP contribution >= 0.6 is 22.6 Å². The van der Waals surface area contributed by atoms with E-state index in [2.05, 4.69) is 33.1 Å². The summed E-state index contributed by atoms with van der Waals surface area (Å²) >= 11 is 2.13. The Balaban J connectivity index is 1.89. The Bertz CT molecular complexity index is 582. The molecule has 0 saturated heterocycles. The van der Waals surface area contributed by atoms with Gasteiger partial charge in [-0.15, -0.1) is 0 Å². The highest BCUT2D eigenvalue weighted by Crippen LogP contribution is 2.10. The van der Waals surface area contributed by atoms with E-state index in [-0.39, 0.29) is 5.91 Å². The number of rotatable bonds is 4. The van der Waals surface area contributed by atoms with Crippen LogP contribution in [0.25, 0.3) is 0 Å². The summed E-state index contributed by atoms with van der Waals surface area (Å²) in [5.41, 5.74) is 4.34. The second-order valence-electron chi connectivity index (χ2n) is 3.92. The van der Waals surface area contributed by atoms with Crippen LogP contribution < -0.4 is 5.43 Å². The number of amides is 1. The first-order valence-corrected chi connectivity index (χ1v) is 6.95. The lowest BCUT2D eigenvalue weighted by Gasteiger charge is -2.01. The van der Waals surface area contributed by atoms with Crippen molar-refractivity contribution < 1.29 is 4.79 Å². The number of hydrogen-bond donors (Lipinski definition) is 1. The van der Waals surface area contributed by atoms with E-state index >= 15 is 0 Å². The minimum atomic E-state index is -0.186. The molecule has 3 nitrogen and oxygen atoms in total. The standard InChI is InChI=1S/C15H13IN2O/c16-14-9-5-4-8-13(14)15(19)18-17-11-10-12-6-2-1-3-7-12/h1-9,11H,10H2,(H,18,19). The lowest BCUT2D eigenvalue weighted by Crippen LogP contribution is -2.18. The van der Waals surface area contributed by atoms with Gasteiger partial charge in [-0.3, -0.25) is 4.79 Å². The van der Waals surface area contributed by atoms with E-state index in [9.17, 15) is 4.79 Å². The molecule has 0 atom stereocenters. The largest absolute Gasteiger partial charge is 0.272 e. The number of benzene rings is 2. The first-order chi connectivity index (χ1) is 9.27. The summed E-state index contributed by atoms with van der Waals surface area (Å²) in [5.74, 6) is -0.186. The molecule has 2 aromatic rings. The molecule has 0 unspecified atom stereocenters. The Morgan fingerprint density at radius 1 is 1.11 bits per heavy atom. The molecule has 0 aromatic heterocycles. The fraction of sp³-hybridized carbons (Fsp3) is 0.0667. The molecule has 0 fully saturated rings. The maximum atomic E-state index is 11.8. The third-order valence-electron chi connectivity index (χ3n) is 2.55. The lowest BCUT2D eigenvalue weighted by atomic mass is 10.2. The molecule has 0 aliphatic heterocycles. The molecule has 2 aromatic carbocycles. The van der Waals surface area contributed by atoms with Crippen molar-refractivity contribution in [2.45, 2.75) is 6.42 Å². The van der Waals surface area contributed by atoms with Crippen molar-refractivity contribution in [3.05, 3.63) is 69.3 Å². The van der Waals surface area contributed by atoms with E-state index in [4.69, 9.17) is 0 Å². The maximum absolute atomic E-state index is 11.8. The van der Waals surface area contributed by atoms with Gasteiger partial charge in [0.25, 0.3) is 5.91 Å². The predicted molar refractivity (Wildman–Crippen MR) is 85.3 cm³/mol. The molecule has 0 radical (unpaired) electrons. The van der Waals surface area contributed by atoms with Gasteiger partial charge < -0.3 is 0 Å². The summed E-state index contributed by atoms with van der Waals surface area (Å²) in [6, 6.07) is 17.4. The molecule has 0 bridgehead atoms. The summed E-state index contributed by atoms with van der Waals surface area (Å²) in [4.78, 5) is 11.8. The summed E-state index contributed by atoms with van der Waals surface area (Å²) in [6.07, 6.45) is 2.40. The van der Waals surface area contributed by atoms with Gasteiger partial charge >= 0.3 is 0 Å². The molecule has 1 N–H and O–H groups in total. The van der Waals surface area contributed by atoms with Crippen molar-refractivity contribution in [1.82, 2.24) is 5.43 Å². The molecule has 0 aliphatic rings. The smallest absolute Gasteiger partial charge is 0.267 e. The Morgan fingerprint density at radius 2 is 1.79 bits per heavy atom. The fourth-order valence-corrected chi connectivity index (χ4v) is 2.21. The summed E-state index contributed by atoms with van der Waals surface area (Å²) < 4.78 is 0.913. The Kier molecular flexibility index (Phi) is 5.09. The van der Waals surface area contributed by atoms with Gasteiger partial charge in [0.15, 0.2) is 0 Å². The molecule has 2 rings (SSSR count). The monoisotopic (exact) mass is 364 g/mol. The zero-order valence-electron chi connectivity index (χ0n) is 10.2.